The van der Waals surface area contributed by atoms with Crippen molar-refractivity contribution in [2.75, 3.05) is 20.8 Å². The van der Waals surface area contributed by atoms with Gasteiger partial charge < -0.3 is 25.2 Å². The molecule has 1 amide bonds. The van der Waals surface area contributed by atoms with Crippen molar-refractivity contribution in [2.24, 2.45) is 0 Å². The number of carbonyl (C=O) groups is 3. The Kier molecular flexibility index (Phi) is 10.1. The molecule has 184 valence electrons. The molecule has 8 nitrogen and oxygen atoms in total. The Morgan fingerprint density at radius 3 is 2.18 bits per heavy atom. The summed E-state index contributed by atoms with van der Waals surface area (Å²) in [6.45, 7) is 4.57. The number of amides is 1. The van der Waals surface area contributed by atoms with Gasteiger partial charge in [-0.3, -0.25) is 9.59 Å². The fourth-order valence-corrected chi connectivity index (χ4v) is 3.64. The van der Waals surface area contributed by atoms with Crippen molar-refractivity contribution < 1.29 is 29.0 Å². The van der Waals surface area contributed by atoms with Gasteiger partial charge in [-0.1, -0.05) is 56.3 Å². The van der Waals surface area contributed by atoms with E-state index in [9.17, 15) is 19.5 Å². The van der Waals surface area contributed by atoms with Gasteiger partial charge in [-0.05, 0) is 41.6 Å². The highest BCUT2D eigenvalue weighted by Gasteiger charge is 2.28. The number of carboxylic acid groups (broad SMARTS) is 1. The minimum Gasteiger partial charge on any atom is -0.497 e. The zero-order valence-electron chi connectivity index (χ0n) is 20.2. The van der Waals surface area contributed by atoms with Gasteiger partial charge in [0.25, 0.3) is 0 Å². The molecule has 0 aliphatic rings. The van der Waals surface area contributed by atoms with Gasteiger partial charge >= 0.3 is 11.9 Å². The summed E-state index contributed by atoms with van der Waals surface area (Å²) in [5.41, 5.74) is 1.73. The number of nitrogens with one attached hydrogen (secondary N) is 2. The molecule has 0 fully saturated rings. The molecular formula is C26H34N2O6. The van der Waals surface area contributed by atoms with E-state index in [2.05, 4.69) is 24.5 Å². The second-order valence-electron chi connectivity index (χ2n) is 8.74. The lowest BCUT2D eigenvalue weighted by Gasteiger charge is -2.27. The lowest BCUT2D eigenvalue weighted by atomic mass is 9.81. The number of carbonyl (C=O) groups excluding carboxylic acids is 2. The van der Waals surface area contributed by atoms with Gasteiger partial charge in [-0.2, -0.15) is 0 Å². The van der Waals surface area contributed by atoms with Crippen LogP contribution in [0.15, 0.2) is 54.6 Å². The lowest BCUT2D eigenvalue weighted by Crippen LogP contribution is -2.52. The van der Waals surface area contributed by atoms with Gasteiger partial charge in [0.15, 0.2) is 0 Å². The average molecular weight is 471 g/mol. The normalized spacial score (nSPS) is 12.9. The minimum absolute atomic E-state index is 0.217. The van der Waals surface area contributed by atoms with Crippen LogP contribution in [0.1, 0.15) is 37.8 Å². The van der Waals surface area contributed by atoms with Crippen LogP contribution in [0, 0.1) is 0 Å². The molecule has 8 heteroatoms. The molecule has 0 saturated carbocycles. The smallest absolute Gasteiger partial charge is 0.328 e. The first-order valence-electron chi connectivity index (χ1n) is 11.2. The Bertz CT molecular complexity index is 944. The number of hydrogen-bond acceptors (Lipinski definition) is 6. The number of rotatable bonds is 13. The second-order valence-corrected chi connectivity index (χ2v) is 8.74. The van der Waals surface area contributed by atoms with Gasteiger partial charge in [-0.15, -0.1) is 0 Å². The fraction of sp³-hybridized carbons (Fsp3) is 0.423. The predicted molar refractivity (Wildman–Crippen MR) is 129 cm³/mol. The van der Waals surface area contributed by atoms with E-state index in [1.54, 1.807) is 7.11 Å². The molecule has 3 N–H and O–H groups in total. The summed E-state index contributed by atoms with van der Waals surface area (Å²) >= 11 is 0. The minimum atomic E-state index is -1.11. The first-order valence-corrected chi connectivity index (χ1v) is 11.2. The number of esters is 1. The summed E-state index contributed by atoms with van der Waals surface area (Å²) in [6.07, 6.45) is 0.491. The van der Waals surface area contributed by atoms with E-state index >= 15 is 0 Å². The number of ether oxygens (including phenoxy) is 2. The van der Waals surface area contributed by atoms with Crippen LogP contribution in [0.4, 0.5) is 0 Å². The third-order valence-electron chi connectivity index (χ3n) is 5.79. The van der Waals surface area contributed by atoms with Crippen LogP contribution in [0.3, 0.4) is 0 Å². The first-order chi connectivity index (χ1) is 16.2. The summed E-state index contributed by atoms with van der Waals surface area (Å²) in [6, 6.07) is 15.1. The maximum atomic E-state index is 12.9. The van der Waals surface area contributed by atoms with Crippen LogP contribution in [0.25, 0.3) is 0 Å². The van der Waals surface area contributed by atoms with Crippen molar-refractivity contribution in [3.63, 3.8) is 0 Å². The Morgan fingerprint density at radius 2 is 1.62 bits per heavy atom. The monoisotopic (exact) mass is 470 g/mol. The number of carboxylic acids is 1. The van der Waals surface area contributed by atoms with E-state index in [0.29, 0.717) is 13.0 Å². The third-order valence-corrected chi connectivity index (χ3v) is 5.79. The molecule has 0 aliphatic heterocycles. The van der Waals surface area contributed by atoms with Crippen LogP contribution >= 0.6 is 0 Å². The van der Waals surface area contributed by atoms with Gasteiger partial charge in [0.05, 0.1) is 26.7 Å². The van der Waals surface area contributed by atoms with Gasteiger partial charge in [0.1, 0.15) is 11.8 Å². The van der Waals surface area contributed by atoms with Crippen molar-refractivity contribution in [1.29, 1.82) is 0 Å². The highest BCUT2D eigenvalue weighted by Crippen LogP contribution is 2.28. The molecule has 0 bridgehead atoms. The quantitative estimate of drug-likeness (QED) is 0.386. The lowest BCUT2D eigenvalue weighted by molar-refractivity contribution is -0.145. The summed E-state index contributed by atoms with van der Waals surface area (Å²) in [5, 5.41) is 15.0. The molecule has 34 heavy (non-hydrogen) atoms. The van der Waals surface area contributed by atoms with E-state index in [-0.39, 0.29) is 11.8 Å². The standard InChI is InChI=1S/C26H34N2O6/c1-26(2,19-10-12-20(33-3)13-11-19)14-15-27-21(17-23(29)30)24(31)28-22(25(32)34-4)16-18-8-6-5-7-9-18/h5-13,21-22,27H,14-17H2,1-4H3,(H,28,31)(H,29,30)/t21-,22+/m1/s1. The summed E-state index contributed by atoms with van der Waals surface area (Å²) in [4.78, 5) is 36.6. The molecule has 0 aliphatic carbocycles. The predicted octanol–water partition coefficient (Wildman–Crippen LogP) is 2.70. The van der Waals surface area contributed by atoms with E-state index in [0.717, 1.165) is 16.9 Å². The van der Waals surface area contributed by atoms with Crippen molar-refractivity contribution in [3.05, 3.63) is 65.7 Å². The second kappa shape index (κ2) is 12.7. The molecular weight excluding hydrogens is 436 g/mol. The molecule has 2 atom stereocenters. The molecule has 2 rings (SSSR count). The largest absolute Gasteiger partial charge is 0.497 e. The van der Waals surface area contributed by atoms with Crippen LogP contribution in [0.5, 0.6) is 5.75 Å². The highest BCUT2D eigenvalue weighted by molar-refractivity contribution is 5.90. The topological polar surface area (TPSA) is 114 Å². The summed E-state index contributed by atoms with van der Waals surface area (Å²) in [7, 11) is 2.86. The van der Waals surface area contributed by atoms with Crippen molar-refractivity contribution >= 4 is 17.8 Å². The van der Waals surface area contributed by atoms with Gasteiger partial charge in [-0.25, -0.2) is 4.79 Å². The zero-order chi connectivity index (χ0) is 25.1. The Morgan fingerprint density at radius 1 is 0.971 bits per heavy atom. The molecule has 0 unspecified atom stereocenters. The highest BCUT2D eigenvalue weighted by atomic mass is 16.5. The molecule has 0 saturated heterocycles. The van der Waals surface area contributed by atoms with Gasteiger partial charge in [0, 0.05) is 6.42 Å². The molecule has 0 radical (unpaired) electrons. The Balaban J connectivity index is 2.04. The van der Waals surface area contributed by atoms with E-state index in [4.69, 9.17) is 9.47 Å². The maximum Gasteiger partial charge on any atom is 0.328 e. The SMILES string of the molecule is COC(=O)[C@H](Cc1ccccc1)NC(=O)[C@@H](CC(=O)O)NCCC(C)(C)c1ccc(OC)cc1. The third kappa shape index (κ3) is 8.19. The Labute approximate surface area is 200 Å². The first kappa shape index (κ1) is 26.9. The summed E-state index contributed by atoms with van der Waals surface area (Å²) in [5.74, 6) is -1.49. The van der Waals surface area contributed by atoms with Gasteiger partial charge in [0.2, 0.25) is 5.91 Å². The van der Waals surface area contributed by atoms with Crippen LogP contribution < -0.4 is 15.4 Å². The molecule has 0 aromatic heterocycles. The fourth-order valence-electron chi connectivity index (χ4n) is 3.64. The van der Waals surface area contributed by atoms with E-state index in [1.807, 2.05) is 54.6 Å². The van der Waals surface area contributed by atoms with Crippen molar-refractivity contribution in [3.8, 4) is 5.75 Å². The number of aliphatic carboxylic acids is 1. The zero-order valence-corrected chi connectivity index (χ0v) is 20.2. The van der Waals surface area contributed by atoms with Crippen molar-refractivity contribution in [1.82, 2.24) is 10.6 Å². The average Bonchev–Trinajstić information content (AvgIpc) is 2.82. The Hall–Kier alpha value is -3.39. The van der Waals surface area contributed by atoms with E-state index < -0.39 is 36.4 Å². The van der Waals surface area contributed by atoms with Crippen LogP contribution in [-0.2, 0) is 31.0 Å². The van der Waals surface area contributed by atoms with Crippen molar-refractivity contribution in [2.45, 2.75) is 50.6 Å². The number of hydrogen-bond donors (Lipinski definition) is 3. The molecule has 0 heterocycles. The van der Waals surface area contributed by atoms with E-state index in [1.165, 1.54) is 7.11 Å². The number of methoxy groups -OCH3 is 2. The van der Waals surface area contributed by atoms with Crippen LogP contribution in [0.2, 0.25) is 0 Å². The summed E-state index contributed by atoms with van der Waals surface area (Å²) < 4.78 is 10.0. The number of benzene rings is 2. The maximum absolute atomic E-state index is 12.9. The van der Waals surface area contributed by atoms with Crippen LogP contribution in [-0.4, -0.2) is 55.8 Å². The molecule has 2 aromatic carbocycles. The molecule has 2 aromatic rings. The molecule has 0 spiro atoms.